The number of carbonyl (C=O) groups excluding carboxylic acids is 1. The van der Waals surface area contributed by atoms with Crippen molar-refractivity contribution in [3.05, 3.63) is 144 Å². The molecule has 0 fully saturated rings. The van der Waals surface area contributed by atoms with Crippen LogP contribution in [0.5, 0.6) is 0 Å². The minimum absolute atomic E-state index is 0.231. The molecule has 6 aromatic rings. The summed E-state index contributed by atoms with van der Waals surface area (Å²) in [7, 11) is 0. The smallest absolute Gasteiger partial charge is 0.147 e. The predicted molar refractivity (Wildman–Crippen MR) is 170 cm³/mol. The summed E-state index contributed by atoms with van der Waals surface area (Å²) in [6, 6.07) is 42.9. The molecule has 0 radical (unpaired) electrons. The molecule has 0 heterocycles. The zero-order valence-electron chi connectivity index (χ0n) is 23.6. The van der Waals surface area contributed by atoms with E-state index in [1.165, 1.54) is 11.1 Å². The number of rotatable bonds is 6. The summed E-state index contributed by atoms with van der Waals surface area (Å²) >= 11 is 0. The van der Waals surface area contributed by atoms with E-state index in [0.717, 1.165) is 54.9 Å². The molecule has 2 unspecified atom stereocenters. The van der Waals surface area contributed by atoms with E-state index >= 15 is 0 Å². The highest BCUT2D eigenvalue weighted by Gasteiger charge is 2.29. The highest BCUT2D eigenvalue weighted by Crippen LogP contribution is 2.41. The van der Waals surface area contributed by atoms with Crippen molar-refractivity contribution < 1.29 is 4.79 Å². The first-order valence-corrected chi connectivity index (χ1v) is 14.1. The van der Waals surface area contributed by atoms with Gasteiger partial charge in [-0.1, -0.05) is 146 Å². The Morgan fingerprint density at radius 2 is 0.850 bits per heavy atom. The molecule has 0 aliphatic rings. The maximum Gasteiger partial charge on any atom is 0.147 e. The third-order valence-electron chi connectivity index (χ3n) is 8.39. The Labute approximate surface area is 237 Å². The van der Waals surface area contributed by atoms with E-state index in [9.17, 15) is 4.79 Å². The second-order valence-electron chi connectivity index (χ2n) is 11.1. The zero-order chi connectivity index (χ0) is 27.8. The van der Waals surface area contributed by atoms with Crippen LogP contribution in [0.25, 0.3) is 43.8 Å². The molecule has 0 spiro atoms. The maximum atomic E-state index is 14.6. The lowest BCUT2D eigenvalue weighted by molar-refractivity contribution is -0.121. The Kier molecular flexibility index (Phi) is 6.82. The third-order valence-corrected chi connectivity index (χ3v) is 8.39. The van der Waals surface area contributed by atoms with Crippen LogP contribution in [-0.2, 0) is 4.79 Å². The largest absolute Gasteiger partial charge is 0.298 e. The highest BCUT2D eigenvalue weighted by molar-refractivity contribution is 6.04. The fourth-order valence-electron chi connectivity index (χ4n) is 6.15. The van der Waals surface area contributed by atoms with Crippen LogP contribution in [0.2, 0.25) is 0 Å². The van der Waals surface area contributed by atoms with Crippen molar-refractivity contribution in [2.24, 2.45) is 0 Å². The summed E-state index contributed by atoms with van der Waals surface area (Å²) in [5, 5.41) is 4.60. The van der Waals surface area contributed by atoms with Crippen LogP contribution in [0.1, 0.15) is 47.9 Å². The van der Waals surface area contributed by atoms with Gasteiger partial charge in [-0.05, 0) is 68.8 Å². The molecule has 1 heteroatoms. The molecule has 0 bridgehead atoms. The lowest BCUT2D eigenvalue weighted by Crippen LogP contribution is -2.18. The standard InChI is InChI=1S/C39H34O/c1-25-13-17-31(18-14-25)35-23-21-29-9-5-7-11-33(29)37(35)27(3)39(40)28(4)38-34-12-8-6-10-30(34)22-24-36(38)32-19-15-26(2)16-20-32/h5-24,27-28H,1-4H3. The Bertz CT molecular complexity index is 1700. The number of carbonyl (C=O) groups is 1. The molecule has 0 amide bonds. The lowest BCUT2D eigenvalue weighted by Gasteiger charge is -2.24. The minimum atomic E-state index is -0.290. The molecule has 0 N–H and O–H groups in total. The predicted octanol–water partition coefficient (Wildman–Crippen LogP) is 10.4. The number of fused-ring (bicyclic) bond motifs is 2. The van der Waals surface area contributed by atoms with E-state index < -0.39 is 0 Å². The van der Waals surface area contributed by atoms with Crippen LogP contribution in [0.15, 0.2) is 121 Å². The van der Waals surface area contributed by atoms with Crippen LogP contribution in [-0.4, -0.2) is 5.78 Å². The number of Topliss-reactive ketones (excluding diaryl/α,β-unsaturated/α-hetero) is 1. The van der Waals surface area contributed by atoms with Crippen molar-refractivity contribution in [2.75, 3.05) is 0 Å². The fraction of sp³-hybridized carbons (Fsp3) is 0.154. The van der Waals surface area contributed by atoms with Crippen molar-refractivity contribution in [2.45, 2.75) is 39.5 Å². The van der Waals surface area contributed by atoms with Gasteiger partial charge in [0.1, 0.15) is 5.78 Å². The molecule has 1 nitrogen and oxygen atoms in total. The molecular formula is C39H34O. The summed E-state index contributed by atoms with van der Waals surface area (Å²) in [5.41, 5.74) is 9.21. The van der Waals surface area contributed by atoms with E-state index in [-0.39, 0.29) is 17.6 Å². The van der Waals surface area contributed by atoms with Gasteiger partial charge in [-0.2, -0.15) is 0 Å². The normalized spacial score (nSPS) is 12.9. The molecule has 6 aromatic carbocycles. The van der Waals surface area contributed by atoms with E-state index in [1.807, 2.05) is 0 Å². The van der Waals surface area contributed by atoms with Crippen LogP contribution in [0, 0.1) is 13.8 Å². The average Bonchev–Trinajstić information content (AvgIpc) is 2.99. The summed E-state index contributed by atoms with van der Waals surface area (Å²) in [5.74, 6) is -0.348. The average molecular weight is 519 g/mol. The molecule has 40 heavy (non-hydrogen) atoms. The summed E-state index contributed by atoms with van der Waals surface area (Å²) in [4.78, 5) is 14.6. The van der Waals surface area contributed by atoms with Crippen molar-refractivity contribution in [1.29, 1.82) is 0 Å². The molecule has 0 aliphatic heterocycles. The molecule has 0 saturated heterocycles. The van der Waals surface area contributed by atoms with Crippen LogP contribution >= 0.6 is 0 Å². The van der Waals surface area contributed by atoms with Gasteiger partial charge in [0.05, 0.1) is 0 Å². The van der Waals surface area contributed by atoms with E-state index in [0.29, 0.717) is 0 Å². The molecule has 0 aromatic heterocycles. The van der Waals surface area contributed by atoms with Crippen LogP contribution < -0.4 is 0 Å². The Morgan fingerprint density at radius 3 is 1.25 bits per heavy atom. The van der Waals surface area contributed by atoms with Gasteiger partial charge in [-0.3, -0.25) is 4.79 Å². The Balaban J connectivity index is 1.52. The highest BCUT2D eigenvalue weighted by atomic mass is 16.1. The topological polar surface area (TPSA) is 17.1 Å². The molecule has 0 saturated carbocycles. The second-order valence-corrected chi connectivity index (χ2v) is 11.1. The van der Waals surface area contributed by atoms with Crippen molar-refractivity contribution in [3.8, 4) is 22.3 Å². The monoisotopic (exact) mass is 518 g/mol. The molecular weight excluding hydrogens is 484 g/mol. The number of hydrogen-bond donors (Lipinski definition) is 0. The van der Waals surface area contributed by atoms with E-state index in [4.69, 9.17) is 0 Å². The second kappa shape index (κ2) is 10.6. The number of hydrogen-bond acceptors (Lipinski definition) is 1. The first-order valence-electron chi connectivity index (χ1n) is 14.1. The fourth-order valence-corrected chi connectivity index (χ4v) is 6.15. The minimum Gasteiger partial charge on any atom is -0.298 e. The Morgan fingerprint density at radius 1 is 0.475 bits per heavy atom. The molecule has 6 rings (SSSR count). The first-order chi connectivity index (χ1) is 19.4. The van der Waals surface area contributed by atoms with Crippen molar-refractivity contribution in [1.82, 2.24) is 0 Å². The SMILES string of the molecule is Cc1ccc(-c2ccc3ccccc3c2C(C)C(=O)C(C)c2c(-c3ccc(C)cc3)ccc3ccccc23)cc1. The van der Waals surface area contributed by atoms with Crippen LogP contribution in [0.3, 0.4) is 0 Å². The third kappa shape index (κ3) is 4.62. The quantitative estimate of drug-likeness (QED) is 0.214. The van der Waals surface area contributed by atoms with E-state index in [2.05, 4.69) is 149 Å². The molecule has 2 atom stereocenters. The van der Waals surface area contributed by atoms with Crippen molar-refractivity contribution >= 4 is 27.3 Å². The number of ketones is 1. The maximum absolute atomic E-state index is 14.6. The number of benzene rings is 6. The molecule has 0 aliphatic carbocycles. The first kappa shape index (κ1) is 25.8. The van der Waals surface area contributed by atoms with Gasteiger partial charge in [0.25, 0.3) is 0 Å². The number of aryl methyl sites for hydroxylation is 2. The van der Waals surface area contributed by atoms with E-state index in [1.54, 1.807) is 0 Å². The van der Waals surface area contributed by atoms with Gasteiger partial charge < -0.3 is 0 Å². The van der Waals surface area contributed by atoms with Gasteiger partial charge >= 0.3 is 0 Å². The summed E-state index contributed by atoms with van der Waals surface area (Å²) < 4.78 is 0. The van der Waals surface area contributed by atoms with Crippen LogP contribution in [0.4, 0.5) is 0 Å². The molecule has 196 valence electrons. The summed E-state index contributed by atoms with van der Waals surface area (Å²) in [6.45, 7) is 8.40. The summed E-state index contributed by atoms with van der Waals surface area (Å²) in [6.07, 6.45) is 0. The zero-order valence-corrected chi connectivity index (χ0v) is 23.6. The van der Waals surface area contributed by atoms with Gasteiger partial charge in [-0.15, -0.1) is 0 Å². The lowest BCUT2D eigenvalue weighted by atomic mass is 9.78. The van der Waals surface area contributed by atoms with Gasteiger partial charge in [0.2, 0.25) is 0 Å². The van der Waals surface area contributed by atoms with Gasteiger partial charge in [0, 0.05) is 11.8 Å². The van der Waals surface area contributed by atoms with Crippen molar-refractivity contribution in [3.63, 3.8) is 0 Å². The van der Waals surface area contributed by atoms with Gasteiger partial charge in [0.15, 0.2) is 0 Å². The Hall–Kier alpha value is -4.49. The van der Waals surface area contributed by atoms with Gasteiger partial charge in [-0.25, -0.2) is 0 Å².